The van der Waals surface area contributed by atoms with Crippen molar-refractivity contribution in [3.8, 4) is 0 Å². The number of rotatable bonds is 6. The highest BCUT2D eigenvalue weighted by Crippen LogP contribution is 2.41. The molecule has 1 aliphatic carbocycles. The minimum absolute atomic E-state index is 0.0287. The number of benzene rings is 1. The van der Waals surface area contributed by atoms with Crippen LogP contribution in [0.1, 0.15) is 34.9 Å². The number of nitrogens with one attached hydrogen (secondary N) is 1. The van der Waals surface area contributed by atoms with Crippen LogP contribution in [0.15, 0.2) is 47.5 Å². The lowest BCUT2D eigenvalue weighted by Crippen LogP contribution is -2.29. The largest absolute Gasteiger partial charge is 0.477 e. The number of aryl methyl sites for hydroxylation is 1. The fraction of sp³-hybridized carbons (Fsp3) is 0.312. The van der Waals surface area contributed by atoms with E-state index in [-0.39, 0.29) is 22.5 Å². The van der Waals surface area contributed by atoms with Crippen molar-refractivity contribution in [2.75, 3.05) is 0 Å². The Labute approximate surface area is 134 Å². The number of nitrogens with zero attached hydrogens (tertiary/aromatic N) is 1. The molecule has 1 fully saturated rings. The van der Waals surface area contributed by atoms with E-state index >= 15 is 0 Å². The SMILES string of the molecule is Cn1cc(S(=O)(=O)N[C@@H](c2ccccc2)C2CC2)cc1C(=O)O. The van der Waals surface area contributed by atoms with Gasteiger partial charge in [0.05, 0.1) is 0 Å². The summed E-state index contributed by atoms with van der Waals surface area (Å²) in [6.07, 6.45) is 3.29. The van der Waals surface area contributed by atoms with Gasteiger partial charge in [-0.1, -0.05) is 30.3 Å². The molecule has 0 spiro atoms. The molecule has 7 heteroatoms. The van der Waals surface area contributed by atoms with Crippen molar-refractivity contribution in [1.29, 1.82) is 0 Å². The molecule has 122 valence electrons. The summed E-state index contributed by atoms with van der Waals surface area (Å²) < 4.78 is 29.3. The number of hydrogen-bond acceptors (Lipinski definition) is 3. The van der Waals surface area contributed by atoms with Crippen LogP contribution in [0.5, 0.6) is 0 Å². The zero-order valence-electron chi connectivity index (χ0n) is 12.6. The van der Waals surface area contributed by atoms with Gasteiger partial charge in [0, 0.05) is 19.3 Å². The van der Waals surface area contributed by atoms with E-state index in [2.05, 4.69) is 4.72 Å². The second kappa shape index (κ2) is 5.82. The fourth-order valence-electron chi connectivity index (χ4n) is 2.66. The molecule has 1 aromatic carbocycles. The maximum atomic E-state index is 12.6. The van der Waals surface area contributed by atoms with E-state index in [1.165, 1.54) is 23.9 Å². The van der Waals surface area contributed by atoms with Crippen LogP contribution in [0.3, 0.4) is 0 Å². The lowest BCUT2D eigenvalue weighted by Gasteiger charge is -2.18. The average molecular weight is 334 g/mol. The van der Waals surface area contributed by atoms with Crippen LogP contribution in [0.4, 0.5) is 0 Å². The van der Waals surface area contributed by atoms with Crippen molar-refractivity contribution < 1.29 is 18.3 Å². The first kappa shape index (κ1) is 15.8. The molecule has 23 heavy (non-hydrogen) atoms. The Morgan fingerprint density at radius 3 is 2.48 bits per heavy atom. The van der Waals surface area contributed by atoms with Crippen molar-refractivity contribution in [2.45, 2.75) is 23.8 Å². The van der Waals surface area contributed by atoms with E-state index in [0.29, 0.717) is 0 Å². The van der Waals surface area contributed by atoms with Crippen molar-refractivity contribution in [3.05, 3.63) is 53.9 Å². The normalized spacial score (nSPS) is 16.2. The smallest absolute Gasteiger partial charge is 0.352 e. The Bertz CT molecular complexity index is 823. The third-order valence-electron chi connectivity index (χ3n) is 4.04. The number of hydrogen-bond donors (Lipinski definition) is 2. The Morgan fingerprint density at radius 1 is 1.30 bits per heavy atom. The third kappa shape index (κ3) is 3.30. The predicted octanol–water partition coefficient (Wildman–Crippen LogP) is 2.15. The van der Waals surface area contributed by atoms with E-state index in [4.69, 9.17) is 5.11 Å². The lowest BCUT2D eigenvalue weighted by molar-refractivity contribution is 0.0686. The number of carboxylic acid groups (broad SMARTS) is 1. The molecular weight excluding hydrogens is 316 g/mol. The summed E-state index contributed by atoms with van der Waals surface area (Å²) in [5, 5.41) is 9.07. The molecule has 0 unspecified atom stereocenters. The molecule has 0 radical (unpaired) electrons. The second-order valence-electron chi connectivity index (χ2n) is 5.82. The molecule has 2 aromatic rings. The lowest BCUT2D eigenvalue weighted by atomic mass is 10.0. The molecule has 0 saturated heterocycles. The maximum absolute atomic E-state index is 12.6. The van der Waals surface area contributed by atoms with Gasteiger partial charge in [-0.05, 0) is 30.4 Å². The topological polar surface area (TPSA) is 88.4 Å². The first-order valence-electron chi connectivity index (χ1n) is 7.35. The Balaban J connectivity index is 1.90. The zero-order valence-corrected chi connectivity index (χ0v) is 13.5. The standard InChI is InChI=1S/C16H18N2O4S/c1-18-10-13(9-14(18)16(19)20)23(21,22)17-15(12-7-8-12)11-5-3-2-4-6-11/h2-6,9-10,12,15,17H,7-8H2,1H3,(H,19,20)/t15-/m0/s1. The van der Waals surface area contributed by atoms with Crippen LogP contribution in [0.25, 0.3) is 0 Å². The second-order valence-corrected chi connectivity index (χ2v) is 7.54. The molecule has 1 heterocycles. The minimum Gasteiger partial charge on any atom is -0.477 e. The van der Waals surface area contributed by atoms with Crippen molar-refractivity contribution in [3.63, 3.8) is 0 Å². The number of carbonyl (C=O) groups is 1. The third-order valence-corrected chi connectivity index (χ3v) is 5.45. The van der Waals surface area contributed by atoms with Gasteiger partial charge in [-0.15, -0.1) is 0 Å². The van der Waals surface area contributed by atoms with Gasteiger partial charge in [-0.2, -0.15) is 0 Å². The summed E-state index contributed by atoms with van der Waals surface area (Å²) in [5.41, 5.74) is 0.862. The van der Waals surface area contributed by atoms with Gasteiger partial charge in [0.2, 0.25) is 10.0 Å². The summed E-state index contributed by atoms with van der Waals surface area (Å²) in [6, 6.07) is 10.3. The number of aromatic carboxylic acids is 1. The van der Waals surface area contributed by atoms with Crippen LogP contribution >= 0.6 is 0 Å². The van der Waals surface area contributed by atoms with Crippen LogP contribution in [0.2, 0.25) is 0 Å². The Kier molecular flexibility index (Phi) is 3.99. The molecule has 1 saturated carbocycles. The van der Waals surface area contributed by atoms with Crippen molar-refractivity contribution in [1.82, 2.24) is 9.29 Å². The van der Waals surface area contributed by atoms with Gasteiger partial charge in [0.15, 0.2) is 0 Å². The first-order valence-corrected chi connectivity index (χ1v) is 8.84. The number of aromatic nitrogens is 1. The molecule has 0 bridgehead atoms. The highest BCUT2D eigenvalue weighted by atomic mass is 32.2. The van der Waals surface area contributed by atoms with Gasteiger partial charge < -0.3 is 9.67 Å². The quantitative estimate of drug-likeness (QED) is 0.847. The average Bonchev–Trinajstić information content (AvgIpc) is 3.27. The van der Waals surface area contributed by atoms with Crippen LogP contribution < -0.4 is 4.72 Å². The molecule has 0 aliphatic heterocycles. The minimum atomic E-state index is -3.78. The summed E-state index contributed by atoms with van der Waals surface area (Å²) in [5.74, 6) is -0.870. The van der Waals surface area contributed by atoms with Gasteiger partial charge >= 0.3 is 5.97 Å². The van der Waals surface area contributed by atoms with E-state index in [0.717, 1.165) is 18.4 Å². The van der Waals surface area contributed by atoms with Crippen LogP contribution in [0, 0.1) is 5.92 Å². The number of carboxylic acids is 1. The molecule has 3 rings (SSSR count). The zero-order chi connectivity index (χ0) is 16.6. The Morgan fingerprint density at radius 2 is 1.96 bits per heavy atom. The predicted molar refractivity (Wildman–Crippen MR) is 84.6 cm³/mol. The molecule has 6 nitrogen and oxygen atoms in total. The molecule has 1 aliphatic rings. The van der Waals surface area contributed by atoms with E-state index < -0.39 is 16.0 Å². The van der Waals surface area contributed by atoms with Crippen LogP contribution in [-0.2, 0) is 17.1 Å². The summed E-state index contributed by atoms with van der Waals surface area (Å²) in [4.78, 5) is 11.1. The van der Waals surface area contributed by atoms with Crippen molar-refractivity contribution >= 4 is 16.0 Å². The fourth-order valence-corrected chi connectivity index (χ4v) is 4.02. The van der Waals surface area contributed by atoms with Gasteiger partial charge in [0.1, 0.15) is 10.6 Å². The molecule has 0 amide bonds. The molecule has 2 N–H and O–H groups in total. The van der Waals surface area contributed by atoms with Gasteiger partial charge in [0.25, 0.3) is 0 Å². The summed E-state index contributed by atoms with van der Waals surface area (Å²) in [7, 11) is -2.27. The van der Waals surface area contributed by atoms with Crippen LogP contribution in [-0.4, -0.2) is 24.1 Å². The summed E-state index contributed by atoms with van der Waals surface area (Å²) in [6.45, 7) is 0. The highest BCUT2D eigenvalue weighted by molar-refractivity contribution is 7.89. The molecule has 1 aromatic heterocycles. The van der Waals surface area contributed by atoms with E-state index in [1.54, 1.807) is 0 Å². The Hall–Kier alpha value is -2.12. The maximum Gasteiger partial charge on any atom is 0.352 e. The number of sulfonamides is 1. The van der Waals surface area contributed by atoms with Gasteiger partial charge in [-0.3, -0.25) is 0 Å². The summed E-state index contributed by atoms with van der Waals surface area (Å²) >= 11 is 0. The van der Waals surface area contributed by atoms with Gasteiger partial charge in [-0.25, -0.2) is 17.9 Å². The van der Waals surface area contributed by atoms with E-state index in [9.17, 15) is 13.2 Å². The van der Waals surface area contributed by atoms with E-state index in [1.807, 2.05) is 30.3 Å². The van der Waals surface area contributed by atoms with Crippen molar-refractivity contribution in [2.24, 2.45) is 13.0 Å². The highest BCUT2D eigenvalue weighted by Gasteiger charge is 2.35. The molecule has 1 atom stereocenters. The first-order chi connectivity index (χ1) is 10.9. The monoisotopic (exact) mass is 334 g/mol. The molecular formula is C16H18N2O4S.